The number of aromatic nitrogens is 3. The molecular formula is C14H19FN6. The van der Waals surface area contributed by atoms with Crippen LogP contribution in [0.5, 0.6) is 0 Å². The molecule has 1 heterocycles. The molecule has 2 rings (SSSR count). The Morgan fingerprint density at radius 3 is 2.33 bits per heavy atom. The van der Waals surface area contributed by atoms with E-state index >= 15 is 0 Å². The summed E-state index contributed by atoms with van der Waals surface area (Å²) in [5.41, 5.74) is 6.62. The second kappa shape index (κ2) is 6.34. The van der Waals surface area contributed by atoms with Crippen molar-refractivity contribution in [2.24, 2.45) is 0 Å². The topological polar surface area (TPSA) is 71.2 Å². The van der Waals surface area contributed by atoms with Crippen LogP contribution in [0.15, 0.2) is 24.3 Å². The van der Waals surface area contributed by atoms with E-state index in [1.54, 1.807) is 17.0 Å². The van der Waals surface area contributed by atoms with Gasteiger partial charge in [-0.25, -0.2) is 4.39 Å². The molecule has 2 N–H and O–H groups in total. The van der Waals surface area contributed by atoms with Gasteiger partial charge in [-0.2, -0.15) is 15.0 Å². The van der Waals surface area contributed by atoms with Gasteiger partial charge in [-0.3, -0.25) is 0 Å². The minimum Gasteiger partial charge on any atom is -0.368 e. The molecular weight excluding hydrogens is 271 g/mol. The van der Waals surface area contributed by atoms with Gasteiger partial charge in [0, 0.05) is 26.3 Å². The van der Waals surface area contributed by atoms with E-state index in [4.69, 9.17) is 5.73 Å². The van der Waals surface area contributed by atoms with Gasteiger partial charge in [-0.05, 0) is 31.2 Å². The van der Waals surface area contributed by atoms with Crippen LogP contribution in [0.1, 0.15) is 12.7 Å². The molecule has 0 aliphatic carbocycles. The average Bonchev–Trinajstić information content (AvgIpc) is 2.45. The highest BCUT2D eigenvalue weighted by Gasteiger charge is 2.11. The standard InChI is InChI=1S/C14H19FN6/c1-4-21(11-7-5-10(15)6-8-11)9-12-17-13(16)19-14(18-12)20(2)3/h5-8H,4,9H2,1-3H3,(H2,16,17,18,19). The lowest BCUT2D eigenvalue weighted by Crippen LogP contribution is -2.25. The molecule has 0 aliphatic heterocycles. The fraction of sp³-hybridized carbons (Fsp3) is 0.357. The number of hydrogen-bond donors (Lipinski definition) is 1. The number of rotatable bonds is 5. The molecule has 1 aromatic carbocycles. The molecule has 0 aliphatic rings. The van der Waals surface area contributed by atoms with Crippen molar-refractivity contribution in [2.75, 3.05) is 36.2 Å². The minimum absolute atomic E-state index is 0.193. The summed E-state index contributed by atoms with van der Waals surface area (Å²) in [6.45, 7) is 3.24. The maximum atomic E-state index is 13.0. The predicted octanol–water partition coefficient (Wildman–Crippen LogP) is 1.69. The molecule has 6 nitrogen and oxygen atoms in total. The van der Waals surface area contributed by atoms with Crippen LogP contribution in [0.25, 0.3) is 0 Å². The third-order valence-electron chi connectivity index (χ3n) is 2.99. The Labute approximate surface area is 123 Å². The van der Waals surface area contributed by atoms with Gasteiger partial charge >= 0.3 is 0 Å². The lowest BCUT2D eigenvalue weighted by atomic mass is 10.2. The third kappa shape index (κ3) is 3.77. The largest absolute Gasteiger partial charge is 0.368 e. The van der Waals surface area contributed by atoms with Gasteiger partial charge < -0.3 is 15.5 Å². The maximum absolute atomic E-state index is 13.0. The summed E-state index contributed by atoms with van der Waals surface area (Å²) in [5.74, 6) is 1.04. The fourth-order valence-electron chi connectivity index (χ4n) is 1.90. The number of nitrogens with zero attached hydrogens (tertiary/aromatic N) is 5. The second-order valence-electron chi connectivity index (χ2n) is 4.79. The van der Waals surface area contributed by atoms with Crippen LogP contribution in [0.3, 0.4) is 0 Å². The Kier molecular flexibility index (Phi) is 4.52. The van der Waals surface area contributed by atoms with Gasteiger partial charge in [0.15, 0.2) is 5.82 Å². The average molecular weight is 290 g/mol. The van der Waals surface area contributed by atoms with Gasteiger partial charge in [0.1, 0.15) is 5.82 Å². The van der Waals surface area contributed by atoms with Crippen molar-refractivity contribution >= 4 is 17.6 Å². The Balaban J connectivity index is 2.24. The molecule has 0 fully saturated rings. The molecule has 0 atom stereocenters. The molecule has 0 saturated heterocycles. The zero-order chi connectivity index (χ0) is 15.4. The summed E-state index contributed by atoms with van der Waals surface area (Å²) >= 11 is 0. The molecule has 0 amide bonds. The molecule has 112 valence electrons. The zero-order valence-electron chi connectivity index (χ0n) is 12.4. The molecule has 7 heteroatoms. The Morgan fingerprint density at radius 2 is 1.76 bits per heavy atom. The Morgan fingerprint density at radius 1 is 1.10 bits per heavy atom. The molecule has 0 radical (unpaired) electrons. The summed E-state index contributed by atoms with van der Waals surface area (Å²) in [6.07, 6.45) is 0. The number of nitrogen functional groups attached to an aromatic ring is 1. The summed E-state index contributed by atoms with van der Waals surface area (Å²) in [4.78, 5) is 16.4. The van der Waals surface area contributed by atoms with Crippen LogP contribution >= 0.6 is 0 Å². The van der Waals surface area contributed by atoms with E-state index in [1.165, 1.54) is 12.1 Å². The smallest absolute Gasteiger partial charge is 0.229 e. The molecule has 21 heavy (non-hydrogen) atoms. The Bertz CT molecular complexity index is 599. The lowest BCUT2D eigenvalue weighted by Gasteiger charge is -2.22. The maximum Gasteiger partial charge on any atom is 0.229 e. The molecule has 0 saturated carbocycles. The van der Waals surface area contributed by atoms with Crippen molar-refractivity contribution < 1.29 is 4.39 Å². The van der Waals surface area contributed by atoms with E-state index in [1.807, 2.05) is 25.9 Å². The molecule has 1 aromatic heterocycles. The van der Waals surface area contributed by atoms with E-state index in [-0.39, 0.29) is 11.8 Å². The van der Waals surface area contributed by atoms with Crippen LogP contribution in [0.4, 0.5) is 22.0 Å². The van der Waals surface area contributed by atoms with Gasteiger partial charge in [-0.1, -0.05) is 0 Å². The van der Waals surface area contributed by atoms with E-state index < -0.39 is 0 Å². The summed E-state index contributed by atoms with van der Waals surface area (Å²) in [7, 11) is 3.69. The van der Waals surface area contributed by atoms with Crippen molar-refractivity contribution in [1.82, 2.24) is 15.0 Å². The van der Waals surface area contributed by atoms with Crippen LogP contribution in [0, 0.1) is 5.82 Å². The number of nitrogens with two attached hydrogens (primary N) is 1. The van der Waals surface area contributed by atoms with Gasteiger partial charge in [-0.15, -0.1) is 0 Å². The van der Waals surface area contributed by atoms with Crippen molar-refractivity contribution in [2.45, 2.75) is 13.5 Å². The van der Waals surface area contributed by atoms with Gasteiger partial charge in [0.25, 0.3) is 0 Å². The van der Waals surface area contributed by atoms with Gasteiger partial charge in [0.05, 0.1) is 6.54 Å². The number of benzene rings is 1. The number of anilines is 3. The van der Waals surface area contributed by atoms with Crippen LogP contribution in [0.2, 0.25) is 0 Å². The summed E-state index contributed by atoms with van der Waals surface area (Å²) in [6, 6.07) is 6.34. The van der Waals surface area contributed by atoms with E-state index in [2.05, 4.69) is 15.0 Å². The van der Waals surface area contributed by atoms with Crippen LogP contribution in [-0.2, 0) is 6.54 Å². The second-order valence-corrected chi connectivity index (χ2v) is 4.79. The molecule has 2 aromatic rings. The minimum atomic E-state index is -0.255. The normalized spacial score (nSPS) is 10.5. The SMILES string of the molecule is CCN(Cc1nc(N)nc(N(C)C)n1)c1ccc(F)cc1. The highest BCUT2D eigenvalue weighted by atomic mass is 19.1. The first-order valence-corrected chi connectivity index (χ1v) is 6.68. The van der Waals surface area contributed by atoms with Crippen molar-refractivity contribution in [1.29, 1.82) is 0 Å². The summed E-state index contributed by atoms with van der Waals surface area (Å²) < 4.78 is 13.0. The monoisotopic (exact) mass is 290 g/mol. The van der Waals surface area contributed by atoms with Crippen LogP contribution < -0.4 is 15.5 Å². The van der Waals surface area contributed by atoms with E-state index in [0.717, 1.165) is 12.2 Å². The first-order chi connectivity index (χ1) is 9.99. The molecule has 0 spiro atoms. The first-order valence-electron chi connectivity index (χ1n) is 6.68. The number of halogens is 1. The van der Waals surface area contributed by atoms with Crippen molar-refractivity contribution in [3.8, 4) is 0 Å². The van der Waals surface area contributed by atoms with Crippen molar-refractivity contribution in [3.05, 3.63) is 35.9 Å². The quantitative estimate of drug-likeness (QED) is 0.903. The third-order valence-corrected chi connectivity index (χ3v) is 2.99. The van der Waals surface area contributed by atoms with E-state index in [9.17, 15) is 4.39 Å². The van der Waals surface area contributed by atoms with E-state index in [0.29, 0.717) is 18.3 Å². The number of hydrogen-bond acceptors (Lipinski definition) is 6. The van der Waals surface area contributed by atoms with Crippen molar-refractivity contribution in [3.63, 3.8) is 0 Å². The highest BCUT2D eigenvalue weighted by molar-refractivity contribution is 5.46. The predicted molar refractivity (Wildman–Crippen MR) is 81.7 cm³/mol. The fourth-order valence-corrected chi connectivity index (χ4v) is 1.90. The zero-order valence-corrected chi connectivity index (χ0v) is 12.4. The van der Waals surface area contributed by atoms with Crippen LogP contribution in [-0.4, -0.2) is 35.6 Å². The lowest BCUT2D eigenvalue weighted by molar-refractivity contribution is 0.627. The summed E-state index contributed by atoms with van der Waals surface area (Å²) in [5, 5.41) is 0. The Hall–Kier alpha value is -2.44. The van der Waals surface area contributed by atoms with Gasteiger partial charge in [0.2, 0.25) is 11.9 Å². The highest BCUT2D eigenvalue weighted by Crippen LogP contribution is 2.17. The molecule has 0 unspecified atom stereocenters. The first kappa shape index (κ1) is 15.0. The molecule has 0 bridgehead atoms.